The Morgan fingerprint density at radius 1 is 1.00 bits per heavy atom. The van der Waals surface area contributed by atoms with E-state index in [1.807, 2.05) is 23.1 Å². The van der Waals surface area contributed by atoms with Crippen LogP contribution >= 0.6 is 0 Å². The molecule has 0 atom stereocenters. The number of aromatic nitrogens is 2. The van der Waals surface area contributed by atoms with Gasteiger partial charge in [0, 0.05) is 12.4 Å². The van der Waals surface area contributed by atoms with Gasteiger partial charge in [-0.2, -0.15) is 5.10 Å². The van der Waals surface area contributed by atoms with E-state index in [-0.39, 0.29) is 0 Å². The second kappa shape index (κ2) is 7.00. The maximum Gasteiger partial charge on any atom is 0.0645 e. The molecule has 0 aliphatic carbocycles. The largest absolute Gasteiger partial charge is 0.241 e. The van der Waals surface area contributed by atoms with Crippen LogP contribution in [-0.2, 0) is 6.42 Å². The lowest BCUT2D eigenvalue weighted by Gasteiger charge is -2.04. The van der Waals surface area contributed by atoms with Gasteiger partial charge in [0.25, 0.3) is 0 Å². The number of hydrogen-bond donors (Lipinski definition) is 0. The molecule has 18 heavy (non-hydrogen) atoms. The highest BCUT2D eigenvalue weighted by molar-refractivity contribution is 5.33. The van der Waals surface area contributed by atoms with Crippen molar-refractivity contribution in [1.82, 2.24) is 9.78 Å². The molecule has 2 aromatic rings. The Balaban J connectivity index is 1.81. The molecule has 1 aromatic carbocycles. The monoisotopic (exact) mass is 242 g/mol. The van der Waals surface area contributed by atoms with Crippen molar-refractivity contribution in [3.63, 3.8) is 0 Å². The molecule has 0 radical (unpaired) electrons. The van der Waals surface area contributed by atoms with Crippen molar-refractivity contribution in [2.45, 2.75) is 45.4 Å². The topological polar surface area (TPSA) is 17.8 Å². The Morgan fingerprint density at radius 2 is 1.78 bits per heavy atom. The fraction of sp³-hybridized carbons (Fsp3) is 0.438. The maximum absolute atomic E-state index is 4.23. The number of benzene rings is 1. The highest BCUT2D eigenvalue weighted by atomic mass is 15.3. The molecule has 0 N–H and O–H groups in total. The Hall–Kier alpha value is -1.57. The van der Waals surface area contributed by atoms with Gasteiger partial charge in [0.2, 0.25) is 0 Å². The van der Waals surface area contributed by atoms with Gasteiger partial charge in [0.15, 0.2) is 0 Å². The fourth-order valence-corrected chi connectivity index (χ4v) is 2.17. The molecule has 0 amide bonds. The van der Waals surface area contributed by atoms with Gasteiger partial charge in [-0.1, -0.05) is 44.7 Å². The van der Waals surface area contributed by atoms with E-state index >= 15 is 0 Å². The minimum Gasteiger partial charge on any atom is -0.241 e. The second-order valence-electron chi connectivity index (χ2n) is 4.78. The molecule has 0 aliphatic rings. The van der Waals surface area contributed by atoms with Crippen molar-refractivity contribution in [1.29, 1.82) is 0 Å². The maximum atomic E-state index is 4.23. The molecule has 2 nitrogen and oxygen atoms in total. The van der Waals surface area contributed by atoms with Crippen LogP contribution in [0.3, 0.4) is 0 Å². The van der Waals surface area contributed by atoms with Crippen LogP contribution < -0.4 is 0 Å². The van der Waals surface area contributed by atoms with E-state index in [4.69, 9.17) is 0 Å². The van der Waals surface area contributed by atoms with Gasteiger partial charge in [-0.15, -0.1) is 0 Å². The average molecular weight is 242 g/mol. The van der Waals surface area contributed by atoms with E-state index in [0.717, 1.165) is 5.69 Å². The molecule has 0 fully saturated rings. The van der Waals surface area contributed by atoms with Crippen LogP contribution in [0.1, 0.15) is 44.6 Å². The molecule has 1 heterocycles. The smallest absolute Gasteiger partial charge is 0.0645 e. The van der Waals surface area contributed by atoms with E-state index in [9.17, 15) is 0 Å². The van der Waals surface area contributed by atoms with Crippen molar-refractivity contribution >= 4 is 0 Å². The summed E-state index contributed by atoms with van der Waals surface area (Å²) in [7, 11) is 0. The molecule has 1 aromatic heterocycles. The Labute approximate surface area is 110 Å². The fourth-order valence-electron chi connectivity index (χ4n) is 2.17. The molecule has 0 bridgehead atoms. The number of nitrogens with zero attached hydrogens (tertiary/aromatic N) is 2. The van der Waals surface area contributed by atoms with Crippen LogP contribution in [0.25, 0.3) is 5.69 Å². The number of hydrogen-bond acceptors (Lipinski definition) is 1. The number of aryl methyl sites for hydroxylation is 1. The predicted octanol–water partition coefficient (Wildman–Crippen LogP) is 4.39. The van der Waals surface area contributed by atoms with Crippen molar-refractivity contribution in [2.24, 2.45) is 0 Å². The van der Waals surface area contributed by atoms with Crippen LogP contribution in [0, 0.1) is 0 Å². The first-order chi connectivity index (χ1) is 8.90. The van der Waals surface area contributed by atoms with Crippen molar-refractivity contribution < 1.29 is 0 Å². The second-order valence-corrected chi connectivity index (χ2v) is 4.78. The first-order valence-electron chi connectivity index (χ1n) is 6.99. The van der Waals surface area contributed by atoms with Crippen LogP contribution in [0.15, 0.2) is 42.7 Å². The molecule has 0 saturated carbocycles. The first kappa shape index (κ1) is 12.9. The normalized spacial score (nSPS) is 10.7. The zero-order valence-electron chi connectivity index (χ0n) is 11.2. The molecular weight excluding hydrogens is 220 g/mol. The SMILES string of the molecule is CCCCCCCc1ccc(-n2cccn2)cc1. The summed E-state index contributed by atoms with van der Waals surface area (Å²) in [6.07, 6.45) is 11.7. The van der Waals surface area contributed by atoms with Crippen LogP contribution in [-0.4, -0.2) is 9.78 Å². The standard InChI is InChI=1S/C16H22N2/c1-2-3-4-5-6-8-15-9-11-16(12-10-15)18-14-7-13-17-18/h7,9-14H,2-6,8H2,1H3. The summed E-state index contributed by atoms with van der Waals surface area (Å²) in [5, 5.41) is 4.23. The summed E-state index contributed by atoms with van der Waals surface area (Å²) in [6, 6.07) is 10.7. The van der Waals surface area contributed by atoms with Gasteiger partial charge in [-0.25, -0.2) is 4.68 Å². The Morgan fingerprint density at radius 3 is 2.44 bits per heavy atom. The summed E-state index contributed by atoms with van der Waals surface area (Å²) in [5.74, 6) is 0. The lowest BCUT2D eigenvalue weighted by molar-refractivity contribution is 0.632. The summed E-state index contributed by atoms with van der Waals surface area (Å²) < 4.78 is 1.89. The Kier molecular flexibility index (Phi) is 5.00. The minimum absolute atomic E-state index is 1.13. The van der Waals surface area contributed by atoms with Crippen LogP contribution in [0.4, 0.5) is 0 Å². The molecular formula is C16H22N2. The lowest BCUT2D eigenvalue weighted by atomic mass is 10.1. The molecule has 0 aliphatic heterocycles. The van der Waals surface area contributed by atoms with Crippen molar-refractivity contribution in [3.8, 4) is 5.69 Å². The van der Waals surface area contributed by atoms with E-state index in [0.29, 0.717) is 0 Å². The third kappa shape index (κ3) is 3.73. The molecule has 0 saturated heterocycles. The van der Waals surface area contributed by atoms with Crippen LogP contribution in [0.5, 0.6) is 0 Å². The van der Waals surface area contributed by atoms with Gasteiger partial charge in [-0.05, 0) is 36.6 Å². The van der Waals surface area contributed by atoms with E-state index in [1.54, 1.807) is 0 Å². The number of unbranched alkanes of at least 4 members (excludes halogenated alkanes) is 4. The van der Waals surface area contributed by atoms with Gasteiger partial charge in [-0.3, -0.25) is 0 Å². The number of rotatable bonds is 7. The quantitative estimate of drug-likeness (QED) is 0.659. The van der Waals surface area contributed by atoms with Crippen LogP contribution in [0.2, 0.25) is 0 Å². The molecule has 2 rings (SSSR count). The highest BCUT2D eigenvalue weighted by Crippen LogP contribution is 2.12. The summed E-state index contributed by atoms with van der Waals surface area (Å²) in [4.78, 5) is 0. The third-order valence-corrected chi connectivity index (χ3v) is 3.27. The van der Waals surface area contributed by atoms with Gasteiger partial charge >= 0.3 is 0 Å². The molecule has 96 valence electrons. The Bertz CT molecular complexity index is 429. The summed E-state index contributed by atoms with van der Waals surface area (Å²) in [5.41, 5.74) is 2.57. The van der Waals surface area contributed by atoms with Crippen molar-refractivity contribution in [3.05, 3.63) is 48.3 Å². The minimum atomic E-state index is 1.13. The molecule has 0 spiro atoms. The first-order valence-corrected chi connectivity index (χ1v) is 6.99. The van der Waals surface area contributed by atoms with Gasteiger partial charge in [0.05, 0.1) is 5.69 Å². The van der Waals surface area contributed by atoms with Crippen molar-refractivity contribution in [2.75, 3.05) is 0 Å². The predicted molar refractivity (Wildman–Crippen MR) is 76.0 cm³/mol. The van der Waals surface area contributed by atoms with Gasteiger partial charge in [0.1, 0.15) is 0 Å². The molecule has 2 heteroatoms. The zero-order valence-corrected chi connectivity index (χ0v) is 11.2. The summed E-state index contributed by atoms with van der Waals surface area (Å²) in [6.45, 7) is 2.26. The molecule has 0 unspecified atom stereocenters. The van der Waals surface area contributed by atoms with Gasteiger partial charge < -0.3 is 0 Å². The van der Waals surface area contributed by atoms with E-state index < -0.39 is 0 Å². The summed E-state index contributed by atoms with van der Waals surface area (Å²) >= 11 is 0. The van der Waals surface area contributed by atoms with E-state index in [2.05, 4.69) is 36.3 Å². The highest BCUT2D eigenvalue weighted by Gasteiger charge is 1.97. The average Bonchev–Trinajstić information content (AvgIpc) is 2.93. The zero-order chi connectivity index (χ0) is 12.6. The lowest BCUT2D eigenvalue weighted by Crippen LogP contribution is -1.94. The third-order valence-electron chi connectivity index (χ3n) is 3.27. The van der Waals surface area contributed by atoms with E-state index in [1.165, 1.54) is 44.1 Å².